The molecular formula is C14H21NO4S. The van der Waals surface area contributed by atoms with Crippen LogP contribution in [0.15, 0.2) is 17.0 Å². The second kappa shape index (κ2) is 6.37. The first-order chi connectivity index (χ1) is 9.20. The molecule has 0 saturated carbocycles. The molecule has 5 nitrogen and oxygen atoms in total. The zero-order chi connectivity index (χ0) is 15.5. The average molecular weight is 299 g/mol. The van der Waals surface area contributed by atoms with Gasteiger partial charge in [0, 0.05) is 6.54 Å². The summed E-state index contributed by atoms with van der Waals surface area (Å²) in [7, 11) is -3.78. The summed E-state index contributed by atoms with van der Waals surface area (Å²) in [6.07, 6.45) is 0.566. The van der Waals surface area contributed by atoms with Crippen LogP contribution in [0.4, 0.5) is 0 Å². The normalized spacial score (nSPS) is 11.8. The number of carbonyl (C=O) groups is 1. The molecule has 0 radical (unpaired) electrons. The number of aliphatic carboxylic acids is 1. The summed E-state index contributed by atoms with van der Waals surface area (Å²) in [6, 6.07) is 3.59. The van der Waals surface area contributed by atoms with Crippen molar-refractivity contribution in [2.45, 2.75) is 39.0 Å². The fraction of sp³-hybridized carbons (Fsp3) is 0.500. The lowest BCUT2D eigenvalue weighted by Gasteiger charge is -2.22. The van der Waals surface area contributed by atoms with Crippen LogP contribution in [-0.2, 0) is 14.8 Å². The van der Waals surface area contributed by atoms with Crippen LogP contribution in [0.2, 0.25) is 0 Å². The van der Waals surface area contributed by atoms with Gasteiger partial charge in [0.2, 0.25) is 10.0 Å². The number of aryl methyl sites for hydroxylation is 3. The van der Waals surface area contributed by atoms with Crippen molar-refractivity contribution in [2.75, 3.05) is 13.1 Å². The highest BCUT2D eigenvalue weighted by molar-refractivity contribution is 7.89. The lowest BCUT2D eigenvalue weighted by atomic mass is 10.1. The maximum absolute atomic E-state index is 12.7. The third-order valence-electron chi connectivity index (χ3n) is 2.99. The highest BCUT2D eigenvalue weighted by atomic mass is 32.2. The third kappa shape index (κ3) is 3.58. The molecule has 0 aliphatic carbocycles. The van der Waals surface area contributed by atoms with Gasteiger partial charge in [0.25, 0.3) is 0 Å². The van der Waals surface area contributed by atoms with E-state index in [1.54, 1.807) is 26.0 Å². The van der Waals surface area contributed by atoms with Crippen LogP contribution in [0.1, 0.15) is 30.0 Å². The molecule has 0 amide bonds. The molecule has 1 aromatic carbocycles. The van der Waals surface area contributed by atoms with Gasteiger partial charge in [0.1, 0.15) is 6.54 Å². The second-order valence-electron chi connectivity index (χ2n) is 4.96. The van der Waals surface area contributed by atoms with Gasteiger partial charge in [-0.2, -0.15) is 4.31 Å². The molecule has 6 heteroatoms. The lowest BCUT2D eigenvalue weighted by Crippen LogP contribution is -2.37. The van der Waals surface area contributed by atoms with E-state index in [0.717, 1.165) is 9.87 Å². The molecule has 1 rings (SSSR count). The van der Waals surface area contributed by atoms with Crippen LogP contribution in [-0.4, -0.2) is 36.9 Å². The number of hydrogen-bond donors (Lipinski definition) is 1. The summed E-state index contributed by atoms with van der Waals surface area (Å²) in [5, 5.41) is 8.90. The lowest BCUT2D eigenvalue weighted by molar-refractivity contribution is -0.137. The molecule has 0 unspecified atom stereocenters. The summed E-state index contributed by atoms with van der Waals surface area (Å²) in [4.78, 5) is 11.1. The van der Waals surface area contributed by atoms with Crippen LogP contribution < -0.4 is 0 Å². The van der Waals surface area contributed by atoms with Gasteiger partial charge in [-0.1, -0.05) is 24.6 Å². The number of sulfonamides is 1. The molecule has 0 fully saturated rings. The van der Waals surface area contributed by atoms with Gasteiger partial charge in [-0.15, -0.1) is 0 Å². The Morgan fingerprint density at radius 2 is 1.70 bits per heavy atom. The van der Waals surface area contributed by atoms with Crippen LogP contribution in [0.5, 0.6) is 0 Å². The Kier molecular flexibility index (Phi) is 5.30. The molecule has 0 atom stereocenters. The van der Waals surface area contributed by atoms with Crippen molar-refractivity contribution >= 4 is 16.0 Å². The molecular weight excluding hydrogens is 278 g/mol. The molecule has 0 spiro atoms. The van der Waals surface area contributed by atoms with E-state index in [-0.39, 0.29) is 11.4 Å². The number of rotatable bonds is 6. The number of benzene rings is 1. The van der Waals surface area contributed by atoms with E-state index in [9.17, 15) is 13.2 Å². The minimum Gasteiger partial charge on any atom is -0.480 e. The quantitative estimate of drug-likeness (QED) is 0.873. The minimum absolute atomic E-state index is 0.196. The van der Waals surface area contributed by atoms with E-state index in [2.05, 4.69) is 0 Å². The maximum Gasteiger partial charge on any atom is 0.318 e. The smallest absolute Gasteiger partial charge is 0.318 e. The van der Waals surface area contributed by atoms with E-state index >= 15 is 0 Å². The van der Waals surface area contributed by atoms with Crippen molar-refractivity contribution in [3.8, 4) is 0 Å². The zero-order valence-electron chi connectivity index (χ0n) is 12.3. The summed E-state index contributed by atoms with van der Waals surface area (Å²) < 4.78 is 26.4. The van der Waals surface area contributed by atoms with Crippen LogP contribution in [0.25, 0.3) is 0 Å². The number of carboxylic acids is 1. The Bertz CT molecular complexity index is 585. The van der Waals surface area contributed by atoms with Gasteiger partial charge in [-0.3, -0.25) is 4.79 Å². The standard InChI is InChI=1S/C14H21NO4S/c1-5-6-15(9-13(16)17)20(18,19)14-11(3)7-10(2)8-12(14)4/h7-8H,5-6,9H2,1-4H3,(H,16,17). The van der Waals surface area contributed by atoms with E-state index in [1.165, 1.54) is 0 Å². The van der Waals surface area contributed by atoms with Crippen molar-refractivity contribution in [3.63, 3.8) is 0 Å². The highest BCUT2D eigenvalue weighted by Gasteiger charge is 2.28. The van der Waals surface area contributed by atoms with Gasteiger partial charge in [-0.05, 0) is 38.3 Å². The average Bonchev–Trinajstić information content (AvgIpc) is 2.25. The SMILES string of the molecule is CCCN(CC(=O)O)S(=O)(=O)c1c(C)cc(C)cc1C. The largest absolute Gasteiger partial charge is 0.480 e. The number of nitrogens with zero attached hydrogens (tertiary/aromatic N) is 1. The predicted octanol–water partition coefficient (Wildman–Crippen LogP) is 2.10. The predicted molar refractivity (Wildman–Crippen MR) is 77.3 cm³/mol. The van der Waals surface area contributed by atoms with Crippen molar-refractivity contribution in [1.82, 2.24) is 4.31 Å². The monoisotopic (exact) mass is 299 g/mol. The van der Waals surface area contributed by atoms with Gasteiger partial charge >= 0.3 is 5.97 Å². The first-order valence-corrected chi connectivity index (χ1v) is 7.94. The van der Waals surface area contributed by atoms with Crippen molar-refractivity contribution in [3.05, 3.63) is 28.8 Å². The molecule has 1 aromatic rings. The van der Waals surface area contributed by atoms with Gasteiger partial charge in [-0.25, -0.2) is 8.42 Å². The van der Waals surface area contributed by atoms with Gasteiger partial charge < -0.3 is 5.11 Å². The van der Waals surface area contributed by atoms with Crippen LogP contribution in [0, 0.1) is 20.8 Å². The number of hydrogen-bond acceptors (Lipinski definition) is 3. The van der Waals surface area contributed by atoms with Crippen LogP contribution in [0.3, 0.4) is 0 Å². The molecule has 0 aliphatic rings. The molecule has 1 N–H and O–H groups in total. The molecule has 0 bridgehead atoms. The molecule has 0 saturated heterocycles. The van der Waals surface area contributed by atoms with Gasteiger partial charge in [0.05, 0.1) is 4.90 Å². The van der Waals surface area contributed by atoms with E-state index in [1.807, 2.05) is 13.8 Å². The van der Waals surface area contributed by atoms with Crippen molar-refractivity contribution in [1.29, 1.82) is 0 Å². The van der Waals surface area contributed by atoms with Crippen molar-refractivity contribution in [2.24, 2.45) is 0 Å². The first-order valence-electron chi connectivity index (χ1n) is 6.50. The Labute approximate surface area is 120 Å². The maximum atomic E-state index is 12.7. The molecule has 0 aromatic heterocycles. The zero-order valence-corrected chi connectivity index (χ0v) is 13.1. The summed E-state index contributed by atoms with van der Waals surface area (Å²) in [5.74, 6) is -1.15. The first kappa shape index (κ1) is 16.7. The Morgan fingerprint density at radius 3 is 2.10 bits per heavy atom. The van der Waals surface area contributed by atoms with E-state index in [4.69, 9.17) is 5.11 Å². The molecule has 0 heterocycles. The minimum atomic E-state index is -3.78. The molecule has 112 valence electrons. The fourth-order valence-electron chi connectivity index (χ4n) is 2.39. The van der Waals surface area contributed by atoms with Gasteiger partial charge in [0.15, 0.2) is 0 Å². The highest BCUT2D eigenvalue weighted by Crippen LogP contribution is 2.25. The fourth-order valence-corrected chi connectivity index (χ4v) is 4.28. The van der Waals surface area contributed by atoms with E-state index < -0.39 is 22.5 Å². The Balaban J connectivity index is 3.37. The van der Waals surface area contributed by atoms with Crippen molar-refractivity contribution < 1.29 is 18.3 Å². The topological polar surface area (TPSA) is 74.7 Å². The molecule has 0 aliphatic heterocycles. The summed E-state index contributed by atoms with van der Waals surface area (Å²) in [5.41, 5.74) is 2.28. The molecule has 20 heavy (non-hydrogen) atoms. The summed E-state index contributed by atoms with van der Waals surface area (Å²) in [6.45, 7) is 6.87. The second-order valence-corrected chi connectivity index (χ2v) is 6.83. The Morgan fingerprint density at radius 1 is 1.20 bits per heavy atom. The third-order valence-corrected chi connectivity index (χ3v) is 5.14. The van der Waals surface area contributed by atoms with E-state index in [0.29, 0.717) is 17.5 Å². The Hall–Kier alpha value is -1.40. The number of carboxylic acid groups (broad SMARTS) is 1. The van der Waals surface area contributed by atoms with Crippen LogP contribution >= 0.6 is 0 Å². The summed E-state index contributed by atoms with van der Waals surface area (Å²) >= 11 is 0.